The van der Waals surface area contributed by atoms with Crippen molar-refractivity contribution in [3.8, 4) is 0 Å². The van der Waals surface area contributed by atoms with Gasteiger partial charge in [-0.15, -0.1) is 0 Å². The zero-order chi connectivity index (χ0) is 10.1. The van der Waals surface area contributed by atoms with Gasteiger partial charge in [0.2, 0.25) is 0 Å². The molecule has 0 aromatic heterocycles. The minimum atomic E-state index is 1.17. The van der Waals surface area contributed by atoms with Crippen LogP contribution in [0.5, 0.6) is 0 Å². The Bertz CT molecular complexity index is 226. The summed E-state index contributed by atoms with van der Waals surface area (Å²) in [5, 5.41) is 0. The van der Waals surface area contributed by atoms with E-state index in [2.05, 4.69) is 31.7 Å². The molecule has 1 aliphatic carbocycles. The molecule has 0 amide bonds. The van der Waals surface area contributed by atoms with E-state index in [1.807, 2.05) is 26.0 Å². The molecule has 0 spiro atoms. The predicted molar refractivity (Wildman–Crippen MR) is 61.8 cm³/mol. The maximum atomic E-state index is 3.67. The molecule has 0 saturated heterocycles. The molecule has 0 unspecified atom stereocenters. The highest BCUT2D eigenvalue weighted by molar-refractivity contribution is 5.41. The van der Waals surface area contributed by atoms with E-state index in [0.717, 1.165) is 0 Å². The Balaban J connectivity index is 0.000000671. The van der Waals surface area contributed by atoms with Gasteiger partial charge in [-0.1, -0.05) is 50.8 Å². The number of allylic oxidation sites excluding steroid dienone is 7. The molecule has 0 N–H and O–H groups in total. The third-order valence-corrected chi connectivity index (χ3v) is 1.82. The molecule has 0 radical (unpaired) electrons. The standard InChI is InChI=1S/C11H14.C2H6/c1-3-7-10(2)11-8-5-4-6-9-11;1-2/h3,5,7-9H,1,4,6H2,2H3;1-2H3/b10-7+;. The first-order valence-electron chi connectivity index (χ1n) is 5.01. The molecule has 1 aliphatic rings. The van der Waals surface area contributed by atoms with Gasteiger partial charge in [0.05, 0.1) is 0 Å². The second-order valence-corrected chi connectivity index (χ2v) is 2.72. The van der Waals surface area contributed by atoms with E-state index in [1.165, 1.54) is 24.0 Å². The van der Waals surface area contributed by atoms with Crippen molar-refractivity contribution in [1.29, 1.82) is 0 Å². The Labute approximate surface area is 82.4 Å². The summed E-state index contributed by atoms with van der Waals surface area (Å²) in [4.78, 5) is 0. The van der Waals surface area contributed by atoms with Crippen LogP contribution in [0, 0.1) is 0 Å². The van der Waals surface area contributed by atoms with Crippen LogP contribution in [0.25, 0.3) is 0 Å². The summed E-state index contributed by atoms with van der Waals surface area (Å²) < 4.78 is 0. The van der Waals surface area contributed by atoms with Gasteiger partial charge in [0.15, 0.2) is 0 Å². The Hall–Kier alpha value is -1.04. The maximum Gasteiger partial charge on any atom is -0.0270 e. The second-order valence-electron chi connectivity index (χ2n) is 2.72. The lowest BCUT2D eigenvalue weighted by molar-refractivity contribution is 1.02. The molecule has 0 saturated carbocycles. The van der Waals surface area contributed by atoms with Gasteiger partial charge in [-0.25, -0.2) is 0 Å². The van der Waals surface area contributed by atoms with Crippen LogP contribution >= 0.6 is 0 Å². The van der Waals surface area contributed by atoms with Gasteiger partial charge < -0.3 is 0 Å². The summed E-state index contributed by atoms with van der Waals surface area (Å²) >= 11 is 0. The molecule has 1 rings (SSSR count). The predicted octanol–water partition coefficient (Wildman–Crippen LogP) is 4.42. The molecule has 0 heteroatoms. The summed E-state index contributed by atoms with van der Waals surface area (Å²) in [6.07, 6.45) is 12.9. The first-order chi connectivity index (χ1) is 6.34. The van der Waals surface area contributed by atoms with E-state index < -0.39 is 0 Å². The van der Waals surface area contributed by atoms with Crippen LogP contribution < -0.4 is 0 Å². The fourth-order valence-electron chi connectivity index (χ4n) is 1.18. The Morgan fingerprint density at radius 3 is 2.54 bits per heavy atom. The minimum Gasteiger partial charge on any atom is -0.0991 e. The van der Waals surface area contributed by atoms with Crippen molar-refractivity contribution in [2.45, 2.75) is 33.6 Å². The zero-order valence-corrected chi connectivity index (χ0v) is 9.01. The van der Waals surface area contributed by atoms with E-state index in [9.17, 15) is 0 Å². The van der Waals surface area contributed by atoms with Crippen molar-refractivity contribution >= 4 is 0 Å². The molecule has 0 aromatic rings. The Morgan fingerprint density at radius 2 is 2.08 bits per heavy atom. The molecule has 13 heavy (non-hydrogen) atoms. The number of rotatable bonds is 2. The van der Waals surface area contributed by atoms with E-state index in [-0.39, 0.29) is 0 Å². The fourth-order valence-corrected chi connectivity index (χ4v) is 1.18. The highest BCUT2D eigenvalue weighted by atomic mass is 14.0. The van der Waals surface area contributed by atoms with E-state index in [0.29, 0.717) is 0 Å². The number of hydrogen-bond acceptors (Lipinski definition) is 0. The summed E-state index contributed by atoms with van der Waals surface area (Å²) in [7, 11) is 0. The normalized spacial score (nSPS) is 15.6. The summed E-state index contributed by atoms with van der Waals surface area (Å²) in [5.74, 6) is 0. The Morgan fingerprint density at radius 1 is 1.38 bits per heavy atom. The zero-order valence-electron chi connectivity index (χ0n) is 9.01. The molecule has 0 aliphatic heterocycles. The van der Waals surface area contributed by atoms with Crippen LogP contribution in [-0.2, 0) is 0 Å². The molecule has 0 atom stereocenters. The van der Waals surface area contributed by atoms with Crippen molar-refractivity contribution < 1.29 is 0 Å². The van der Waals surface area contributed by atoms with Crippen LogP contribution in [0.2, 0.25) is 0 Å². The van der Waals surface area contributed by atoms with E-state index >= 15 is 0 Å². The van der Waals surface area contributed by atoms with Gasteiger partial charge >= 0.3 is 0 Å². The second kappa shape index (κ2) is 7.60. The van der Waals surface area contributed by atoms with Crippen molar-refractivity contribution in [3.05, 3.63) is 48.1 Å². The fraction of sp³-hybridized carbons (Fsp3) is 0.385. The molecular weight excluding hydrogens is 156 g/mol. The Kier molecular flexibility index (Phi) is 6.99. The molecule has 0 nitrogen and oxygen atoms in total. The molecule has 0 aromatic carbocycles. The average molecular weight is 176 g/mol. The lowest BCUT2D eigenvalue weighted by atomic mass is 10.0. The van der Waals surface area contributed by atoms with Crippen LogP contribution in [0.4, 0.5) is 0 Å². The SMILES string of the molecule is C=C/C=C(\C)C1=CCCC=C1.CC. The van der Waals surface area contributed by atoms with Crippen LogP contribution in [0.3, 0.4) is 0 Å². The average Bonchev–Trinajstić information content (AvgIpc) is 2.23. The first kappa shape index (κ1) is 12.0. The molecule has 0 bridgehead atoms. The molecule has 72 valence electrons. The van der Waals surface area contributed by atoms with Crippen molar-refractivity contribution in [1.82, 2.24) is 0 Å². The van der Waals surface area contributed by atoms with Gasteiger partial charge in [-0.3, -0.25) is 0 Å². The van der Waals surface area contributed by atoms with Crippen molar-refractivity contribution in [2.75, 3.05) is 0 Å². The monoisotopic (exact) mass is 176 g/mol. The van der Waals surface area contributed by atoms with E-state index in [1.54, 1.807) is 0 Å². The third-order valence-electron chi connectivity index (χ3n) is 1.82. The van der Waals surface area contributed by atoms with Crippen LogP contribution in [-0.4, -0.2) is 0 Å². The van der Waals surface area contributed by atoms with Gasteiger partial charge in [-0.05, 0) is 30.9 Å². The van der Waals surface area contributed by atoms with Gasteiger partial charge in [0, 0.05) is 0 Å². The maximum absolute atomic E-state index is 3.67. The summed E-state index contributed by atoms with van der Waals surface area (Å²) in [6, 6.07) is 0. The topological polar surface area (TPSA) is 0 Å². The van der Waals surface area contributed by atoms with Crippen molar-refractivity contribution in [3.63, 3.8) is 0 Å². The van der Waals surface area contributed by atoms with Gasteiger partial charge in [-0.2, -0.15) is 0 Å². The van der Waals surface area contributed by atoms with E-state index in [4.69, 9.17) is 0 Å². The summed E-state index contributed by atoms with van der Waals surface area (Å²) in [6.45, 7) is 9.78. The smallest absolute Gasteiger partial charge is 0.0270 e. The van der Waals surface area contributed by atoms with Crippen LogP contribution in [0.15, 0.2) is 48.1 Å². The van der Waals surface area contributed by atoms with Crippen molar-refractivity contribution in [2.24, 2.45) is 0 Å². The van der Waals surface area contributed by atoms with Crippen LogP contribution in [0.1, 0.15) is 33.6 Å². The first-order valence-corrected chi connectivity index (χ1v) is 5.01. The largest absolute Gasteiger partial charge is 0.0991 e. The molecule has 0 heterocycles. The molecule has 0 fully saturated rings. The van der Waals surface area contributed by atoms with Gasteiger partial charge in [0.25, 0.3) is 0 Å². The highest BCUT2D eigenvalue weighted by Gasteiger charge is 1.97. The molecular formula is C13H20. The third kappa shape index (κ3) is 4.51. The quantitative estimate of drug-likeness (QED) is 0.546. The summed E-state index contributed by atoms with van der Waals surface area (Å²) in [5.41, 5.74) is 2.65. The van der Waals surface area contributed by atoms with Gasteiger partial charge in [0.1, 0.15) is 0 Å². The lowest BCUT2D eigenvalue weighted by Gasteiger charge is -2.05. The number of hydrogen-bond donors (Lipinski definition) is 0. The minimum absolute atomic E-state index is 1.17. The lowest BCUT2D eigenvalue weighted by Crippen LogP contribution is -1.85. The highest BCUT2D eigenvalue weighted by Crippen LogP contribution is 2.17.